The van der Waals surface area contributed by atoms with Crippen molar-refractivity contribution in [2.45, 2.75) is 52.4 Å². The number of benzene rings is 2. The number of nitrogens with one attached hydrogen (secondary N) is 1. The number of hydrogen-bond acceptors (Lipinski definition) is 5. The smallest absolute Gasteiger partial charge is 0.345 e. The minimum absolute atomic E-state index is 0.384. The van der Waals surface area contributed by atoms with Gasteiger partial charge in [0.1, 0.15) is 17.0 Å². The van der Waals surface area contributed by atoms with Crippen molar-refractivity contribution in [3.05, 3.63) is 88.7 Å². The predicted molar refractivity (Wildman–Crippen MR) is 129 cm³/mol. The third-order valence-corrected chi connectivity index (χ3v) is 5.32. The van der Waals surface area contributed by atoms with E-state index in [1.807, 2.05) is 24.4 Å². The molecule has 0 fully saturated rings. The Kier molecular flexibility index (Phi) is 6.65. The summed E-state index contributed by atoms with van der Waals surface area (Å²) in [6.45, 7) is 6.20. The lowest BCUT2D eigenvalue weighted by atomic mass is 10.1. The molecule has 5 heteroatoms. The molecule has 0 saturated heterocycles. The lowest BCUT2D eigenvalue weighted by Gasteiger charge is -2.31. The summed E-state index contributed by atoms with van der Waals surface area (Å²) >= 11 is 0. The van der Waals surface area contributed by atoms with Crippen LogP contribution in [0, 0.1) is 11.8 Å². The molecule has 0 aliphatic carbocycles. The van der Waals surface area contributed by atoms with E-state index in [2.05, 4.69) is 53.3 Å². The molecule has 1 aromatic heterocycles. The molecule has 4 rings (SSSR count). The third-order valence-electron chi connectivity index (χ3n) is 5.32. The first kappa shape index (κ1) is 22.4. The Balaban J connectivity index is 1.35. The molecule has 1 aliphatic rings. The van der Waals surface area contributed by atoms with Gasteiger partial charge in [0, 0.05) is 37.8 Å². The van der Waals surface area contributed by atoms with Crippen molar-refractivity contribution < 1.29 is 14.3 Å². The van der Waals surface area contributed by atoms with Gasteiger partial charge >= 0.3 is 5.97 Å². The summed E-state index contributed by atoms with van der Waals surface area (Å²) in [5.74, 6) is 5.49. The molecule has 0 bridgehead atoms. The molecule has 2 aromatic carbocycles. The van der Waals surface area contributed by atoms with Crippen molar-refractivity contribution in [1.82, 2.24) is 4.98 Å². The van der Waals surface area contributed by atoms with E-state index in [9.17, 15) is 4.79 Å². The molecule has 0 unspecified atom stereocenters. The van der Waals surface area contributed by atoms with Crippen molar-refractivity contribution in [2.24, 2.45) is 0 Å². The van der Waals surface area contributed by atoms with Crippen LogP contribution in [0.15, 0.2) is 60.8 Å². The van der Waals surface area contributed by atoms with Gasteiger partial charge < -0.3 is 14.8 Å². The summed E-state index contributed by atoms with van der Waals surface area (Å²) in [7, 11) is 0. The van der Waals surface area contributed by atoms with Crippen LogP contribution in [0.25, 0.3) is 0 Å². The second-order valence-corrected chi connectivity index (χ2v) is 8.56. The molecule has 0 spiro atoms. The predicted octanol–water partition coefficient (Wildman–Crippen LogP) is 5.72. The molecule has 0 radical (unpaired) electrons. The molecular formula is C28H28N2O3. The number of aromatic nitrogens is 1. The number of pyridine rings is 1. The topological polar surface area (TPSA) is 60.5 Å². The Morgan fingerprint density at radius 1 is 0.970 bits per heavy atom. The van der Waals surface area contributed by atoms with E-state index in [0.29, 0.717) is 17.9 Å². The minimum atomic E-state index is -0.951. The van der Waals surface area contributed by atoms with Crippen LogP contribution in [0.3, 0.4) is 0 Å². The molecule has 0 atom stereocenters. The lowest BCUT2D eigenvalue weighted by molar-refractivity contribution is -0.127. The number of cyclic esters (lactones) is 1. The number of rotatable bonds is 6. The normalized spacial score (nSPS) is 13.7. The SMILES string of the molecule is CCCCc1ccc(C#Cc2ccc(CNc3ccc4c(c3)C(=O)OC(C)(C)O4)cn2)cc1. The van der Waals surface area contributed by atoms with Crippen LogP contribution in [0.5, 0.6) is 5.75 Å². The number of unbranched alkanes of at least 4 members (excludes halogenated alkanes) is 1. The third kappa shape index (κ3) is 5.93. The molecular weight excluding hydrogens is 412 g/mol. The average Bonchev–Trinajstić information content (AvgIpc) is 2.81. The maximum absolute atomic E-state index is 12.2. The molecule has 1 N–H and O–H groups in total. The van der Waals surface area contributed by atoms with E-state index in [1.54, 1.807) is 26.0 Å². The number of carbonyl (C=O) groups is 1. The van der Waals surface area contributed by atoms with Gasteiger partial charge in [-0.1, -0.05) is 37.5 Å². The van der Waals surface area contributed by atoms with Crippen LogP contribution >= 0.6 is 0 Å². The van der Waals surface area contributed by atoms with E-state index in [1.165, 1.54) is 18.4 Å². The fourth-order valence-electron chi connectivity index (χ4n) is 3.53. The Bertz CT molecular complexity index is 1190. The summed E-state index contributed by atoms with van der Waals surface area (Å²) in [6, 6.07) is 17.8. The highest BCUT2D eigenvalue weighted by Crippen LogP contribution is 2.33. The van der Waals surface area contributed by atoms with Gasteiger partial charge in [-0.3, -0.25) is 0 Å². The van der Waals surface area contributed by atoms with Crippen LogP contribution in [0.2, 0.25) is 0 Å². The average molecular weight is 441 g/mol. The maximum Gasteiger partial charge on any atom is 0.345 e. The van der Waals surface area contributed by atoms with Gasteiger partial charge in [-0.25, -0.2) is 9.78 Å². The van der Waals surface area contributed by atoms with Crippen LogP contribution in [-0.4, -0.2) is 16.7 Å². The van der Waals surface area contributed by atoms with Gasteiger partial charge in [0.25, 0.3) is 0 Å². The van der Waals surface area contributed by atoms with E-state index in [4.69, 9.17) is 9.47 Å². The highest BCUT2D eigenvalue weighted by molar-refractivity contribution is 5.94. The molecule has 0 saturated carbocycles. The monoisotopic (exact) mass is 440 g/mol. The number of aryl methyl sites for hydroxylation is 1. The second kappa shape index (κ2) is 9.79. The van der Waals surface area contributed by atoms with E-state index in [0.717, 1.165) is 28.9 Å². The van der Waals surface area contributed by atoms with Gasteiger partial charge in [-0.15, -0.1) is 0 Å². The molecule has 168 valence electrons. The van der Waals surface area contributed by atoms with Crippen molar-refractivity contribution in [3.8, 4) is 17.6 Å². The molecule has 0 amide bonds. The van der Waals surface area contributed by atoms with Gasteiger partial charge in [0.05, 0.1) is 0 Å². The van der Waals surface area contributed by atoms with Crippen LogP contribution in [0.4, 0.5) is 5.69 Å². The second-order valence-electron chi connectivity index (χ2n) is 8.56. The summed E-state index contributed by atoms with van der Waals surface area (Å²) in [5.41, 5.74) is 5.30. The molecule has 1 aliphatic heterocycles. The Morgan fingerprint density at radius 3 is 2.48 bits per heavy atom. The van der Waals surface area contributed by atoms with E-state index in [-0.39, 0.29) is 5.97 Å². The van der Waals surface area contributed by atoms with Gasteiger partial charge in [0.2, 0.25) is 5.79 Å². The van der Waals surface area contributed by atoms with Gasteiger partial charge in [0.15, 0.2) is 0 Å². The Morgan fingerprint density at radius 2 is 1.76 bits per heavy atom. The summed E-state index contributed by atoms with van der Waals surface area (Å²) in [5, 5.41) is 3.31. The highest BCUT2D eigenvalue weighted by atomic mass is 16.7. The van der Waals surface area contributed by atoms with Crippen molar-refractivity contribution in [3.63, 3.8) is 0 Å². The molecule has 5 nitrogen and oxygen atoms in total. The summed E-state index contributed by atoms with van der Waals surface area (Å²) in [6.07, 6.45) is 5.34. The fraction of sp³-hybridized carbons (Fsp3) is 0.286. The van der Waals surface area contributed by atoms with Crippen LogP contribution < -0.4 is 10.1 Å². The number of anilines is 1. The summed E-state index contributed by atoms with van der Waals surface area (Å²) < 4.78 is 11.0. The summed E-state index contributed by atoms with van der Waals surface area (Å²) in [4.78, 5) is 16.7. The Labute approximate surface area is 195 Å². The first-order chi connectivity index (χ1) is 15.9. The van der Waals surface area contributed by atoms with Crippen LogP contribution in [-0.2, 0) is 17.7 Å². The van der Waals surface area contributed by atoms with Crippen LogP contribution in [0.1, 0.15) is 66.4 Å². The number of fused-ring (bicyclic) bond motifs is 1. The number of ether oxygens (including phenoxy) is 2. The van der Waals surface area contributed by atoms with Crippen molar-refractivity contribution >= 4 is 11.7 Å². The Hall–Kier alpha value is -3.78. The lowest BCUT2D eigenvalue weighted by Crippen LogP contribution is -2.38. The van der Waals surface area contributed by atoms with Gasteiger partial charge in [-0.05, 0) is 66.3 Å². The van der Waals surface area contributed by atoms with Crippen molar-refractivity contribution in [2.75, 3.05) is 5.32 Å². The fourth-order valence-corrected chi connectivity index (χ4v) is 3.53. The van der Waals surface area contributed by atoms with E-state index >= 15 is 0 Å². The first-order valence-corrected chi connectivity index (χ1v) is 11.3. The minimum Gasteiger partial charge on any atom is -0.452 e. The molecule has 33 heavy (non-hydrogen) atoms. The number of esters is 1. The first-order valence-electron chi connectivity index (χ1n) is 11.3. The van der Waals surface area contributed by atoms with E-state index < -0.39 is 5.79 Å². The quantitative estimate of drug-likeness (QED) is 0.392. The zero-order valence-electron chi connectivity index (χ0n) is 19.3. The highest BCUT2D eigenvalue weighted by Gasteiger charge is 2.33. The number of hydrogen-bond donors (Lipinski definition) is 1. The molecule has 2 heterocycles. The van der Waals surface area contributed by atoms with Gasteiger partial charge in [-0.2, -0.15) is 0 Å². The zero-order valence-corrected chi connectivity index (χ0v) is 19.3. The standard InChI is InChI=1S/C28H28N2O3/c1-4-5-6-20-7-9-21(10-8-20)11-13-23-14-12-22(18-29-23)19-30-24-15-16-26-25(17-24)27(31)33-28(2,3)32-26/h7-10,12,14-18,30H,4-6,19H2,1-3H3. The number of carbonyl (C=O) groups excluding carboxylic acids is 1. The number of nitrogens with zero attached hydrogens (tertiary/aromatic N) is 1. The molecule has 3 aromatic rings. The van der Waals surface area contributed by atoms with Crippen molar-refractivity contribution in [1.29, 1.82) is 0 Å². The largest absolute Gasteiger partial charge is 0.452 e. The zero-order chi connectivity index (χ0) is 23.3. The maximum atomic E-state index is 12.2.